The average Bonchev–Trinajstić information content (AvgIpc) is 3.15. The number of halogens is 1. The molecular formula is C23H20FNO4S. The van der Waals surface area contributed by atoms with E-state index in [1.54, 1.807) is 30.3 Å². The molecule has 3 aromatic carbocycles. The van der Waals surface area contributed by atoms with E-state index in [9.17, 15) is 17.6 Å². The van der Waals surface area contributed by atoms with E-state index in [1.807, 2.05) is 18.2 Å². The van der Waals surface area contributed by atoms with E-state index in [0.717, 1.165) is 22.4 Å². The molecule has 0 bridgehead atoms. The molecular weight excluding hydrogens is 405 g/mol. The van der Waals surface area contributed by atoms with Crippen LogP contribution in [0.5, 0.6) is 5.75 Å². The first-order chi connectivity index (χ1) is 14.3. The number of benzene rings is 3. The zero-order valence-corrected chi connectivity index (χ0v) is 17.1. The van der Waals surface area contributed by atoms with Gasteiger partial charge in [0.1, 0.15) is 17.7 Å². The molecule has 1 N–H and O–H groups in total. The minimum atomic E-state index is -3.26. The number of hydrogen-bond acceptors (Lipinski definition) is 4. The normalized spacial score (nSPS) is 15.3. The van der Waals surface area contributed by atoms with Crippen LogP contribution in [0.25, 0.3) is 11.1 Å². The van der Waals surface area contributed by atoms with Crippen LogP contribution >= 0.6 is 0 Å². The molecule has 30 heavy (non-hydrogen) atoms. The summed E-state index contributed by atoms with van der Waals surface area (Å²) < 4.78 is 43.2. The smallest absolute Gasteiger partial charge is 0.254 e. The summed E-state index contributed by atoms with van der Waals surface area (Å²) in [6, 6.07) is 18.3. The molecule has 1 heterocycles. The number of rotatable bonds is 5. The standard InChI is InChI=1S/C23H20FNO4S/c1-30(27,28)18-11-9-15(10-12-18)19-7-4-5-16-13-17(29-22(16)19)14-25-23(26)20-6-2-3-8-21(20)24/h2-12,17H,13-14H2,1H3,(H,25,26). The summed E-state index contributed by atoms with van der Waals surface area (Å²) in [6.45, 7) is 0.244. The zero-order chi connectivity index (χ0) is 21.3. The van der Waals surface area contributed by atoms with Crippen molar-refractivity contribution in [1.82, 2.24) is 5.32 Å². The first-order valence-corrected chi connectivity index (χ1v) is 11.3. The number of para-hydroxylation sites is 1. The molecule has 0 aliphatic carbocycles. The van der Waals surface area contributed by atoms with Gasteiger partial charge in [0.25, 0.3) is 5.91 Å². The van der Waals surface area contributed by atoms with Crippen LogP contribution in [0.2, 0.25) is 0 Å². The molecule has 1 aliphatic rings. The van der Waals surface area contributed by atoms with Gasteiger partial charge in [-0.1, -0.05) is 42.5 Å². The van der Waals surface area contributed by atoms with Crippen LogP contribution in [0.1, 0.15) is 15.9 Å². The Morgan fingerprint density at radius 1 is 1.07 bits per heavy atom. The maximum absolute atomic E-state index is 13.8. The third-order valence-electron chi connectivity index (χ3n) is 5.03. The number of carbonyl (C=O) groups is 1. The molecule has 7 heteroatoms. The lowest BCUT2D eigenvalue weighted by atomic mass is 10.0. The highest BCUT2D eigenvalue weighted by Gasteiger charge is 2.26. The Hall–Kier alpha value is -3.19. The number of ether oxygens (including phenoxy) is 1. The van der Waals surface area contributed by atoms with Crippen molar-refractivity contribution < 1.29 is 22.3 Å². The summed E-state index contributed by atoms with van der Waals surface area (Å²) in [5, 5.41) is 2.73. The number of carbonyl (C=O) groups excluding carboxylic acids is 1. The van der Waals surface area contributed by atoms with Crippen molar-refractivity contribution in [3.05, 3.63) is 83.7 Å². The average molecular weight is 425 g/mol. The molecule has 0 fully saturated rings. The van der Waals surface area contributed by atoms with Gasteiger partial charge in [-0.15, -0.1) is 0 Å². The van der Waals surface area contributed by atoms with Crippen molar-refractivity contribution in [3.63, 3.8) is 0 Å². The topological polar surface area (TPSA) is 72.5 Å². The van der Waals surface area contributed by atoms with Gasteiger partial charge in [-0.2, -0.15) is 0 Å². The molecule has 1 unspecified atom stereocenters. The lowest BCUT2D eigenvalue weighted by Crippen LogP contribution is -2.34. The fraction of sp³-hybridized carbons (Fsp3) is 0.174. The van der Waals surface area contributed by atoms with Gasteiger partial charge in [-0.3, -0.25) is 4.79 Å². The Morgan fingerprint density at radius 3 is 2.50 bits per heavy atom. The second-order valence-corrected chi connectivity index (χ2v) is 9.24. The summed E-state index contributed by atoms with van der Waals surface area (Å²) in [5.41, 5.74) is 2.70. The maximum Gasteiger partial charge on any atom is 0.254 e. The highest BCUT2D eigenvalue weighted by molar-refractivity contribution is 7.90. The van der Waals surface area contributed by atoms with Gasteiger partial charge in [-0.05, 0) is 35.4 Å². The van der Waals surface area contributed by atoms with Crippen LogP contribution in [-0.2, 0) is 16.3 Å². The van der Waals surface area contributed by atoms with E-state index in [4.69, 9.17) is 4.74 Å². The molecule has 1 amide bonds. The van der Waals surface area contributed by atoms with Crippen molar-refractivity contribution in [2.24, 2.45) is 0 Å². The second kappa shape index (κ2) is 7.91. The van der Waals surface area contributed by atoms with Crippen LogP contribution < -0.4 is 10.1 Å². The Bertz CT molecular complexity index is 1210. The first kappa shape index (κ1) is 20.1. The fourth-order valence-electron chi connectivity index (χ4n) is 3.51. The molecule has 154 valence electrons. The molecule has 0 spiro atoms. The van der Waals surface area contributed by atoms with Crippen LogP contribution in [0.15, 0.2) is 71.6 Å². The van der Waals surface area contributed by atoms with Gasteiger partial charge in [0, 0.05) is 18.2 Å². The molecule has 5 nitrogen and oxygen atoms in total. The summed E-state index contributed by atoms with van der Waals surface area (Å²) in [6.07, 6.45) is 1.51. The Labute approximate surface area is 174 Å². The maximum atomic E-state index is 13.8. The predicted molar refractivity (Wildman–Crippen MR) is 112 cm³/mol. The molecule has 0 saturated carbocycles. The predicted octanol–water partition coefficient (Wildman–Crippen LogP) is 3.63. The van der Waals surface area contributed by atoms with Crippen LogP contribution in [0, 0.1) is 5.82 Å². The van der Waals surface area contributed by atoms with Gasteiger partial charge in [-0.25, -0.2) is 12.8 Å². The van der Waals surface area contributed by atoms with Gasteiger partial charge in [0.2, 0.25) is 0 Å². The highest BCUT2D eigenvalue weighted by atomic mass is 32.2. The fourth-order valence-corrected chi connectivity index (χ4v) is 4.14. The van der Waals surface area contributed by atoms with Crippen molar-refractivity contribution in [1.29, 1.82) is 0 Å². The molecule has 0 radical (unpaired) electrons. The minimum Gasteiger partial charge on any atom is -0.487 e. The summed E-state index contributed by atoms with van der Waals surface area (Å²) in [4.78, 5) is 12.5. The Kier molecular flexibility index (Phi) is 5.30. The van der Waals surface area contributed by atoms with E-state index in [1.165, 1.54) is 24.5 Å². The van der Waals surface area contributed by atoms with Crippen molar-refractivity contribution in [3.8, 4) is 16.9 Å². The van der Waals surface area contributed by atoms with Crippen molar-refractivity contribution in [2.45, 2.75) is 17.4 Å². The highest BCUT2D eigenvalue weighted by Crippen LogP contribution is 2.38. The second-order valence-electron chi connectivity index (χ2n) is 7.22. The van der Waals surface area contributed by atoms with E-state index >= 15 is 0 Å². The number of sulfone groups is 1. The van der Waals surface area contributed by atoms with E-state index in [2.05, 4.69) is 5.32 Å². The van der Waals surface area contributed by atoms with Gasteiger partial charge in [0.05, 0.1) is 17.0 Å². The number of hydrogen-bond donors (Lipinski definition) is 1. The third-order valence-corrected chi connectivity index (χ3v) is 6.16. The van der Waals surface area contributed by atoms with Crippen molar-refractivity contribution in [2.75, 3.05) is 12.8 Å². The number of amides is 1. The number of nitrogens with one attached hydrogen (secondary N) is 1. The van der Waals surface area contributed by atoms with Crippen LogP contribution in [0.4, 0.5) is 4.39 Å². The van der Waals surface area contributed by atoms with Gasteiger partial charge in [0.15, 0.2) is 9.84 Å². The lowest BCUT2D eigenvalue weighted by Gasteiger charge is -2.14. The molecule has 1 atom stereocenters. The molecule has 4 rings (SSSR count). The van der Waals surface area contributed by atoms with Crippen LogP contribution in [0.3, 0.4) is 0 Å². The molecule has 0 saturated heterocycles. The molecule has 1 aliphatic heterocycles. The van der Waals surface area contributed by atoms with Gasteiger partial charge >= 0.3 is 0 Å². The summed E-state index contributed by atoms with van der Waals surface area (Å²) >= 11 is 0. The Morgan fingerprint density at radius 2 is 1.80 bits per heavy atom. The first-order valence-electron chi connectivity index (χ1n) is 9.44. The molecule has 0 aromatic heterocycles. The monoisotopic (exact) mass is 425 g/mol. The zero-order valence-electron chi connectivity index (χ0n) is 16.3. The quantitative estimate of drug-likeness (QED) is 0.678. The van der Waals surface area contributed by atoms with Crippen LogP contribution in [-0.4, -0.2) is 33.2 Å². The summed E-state index contributed by atoms with van der Waals surface area (Å²) in [5.74, 6) is -0.329. The molecule has 3 aromatic rings. The Balaban J connectivity index is 1.49. The minimum absolute atomic E-state index is 0.000309. The van der Waals surface area contributed by atoms with E-state index in [-0.39, 0.29) is 23.1 Å². The van der Waals surface area contributed by atoms with Gasteiger partial charge < -0.3 is 10.1 Å². The number of fused-ring (bicyclic) bond motifs is 1. The SMILES string of the molecule is CS(=O)(=O)c1ccc(-c2cccc3c2OC(CNC(=O)c2ccccc2F)C3)cc1. The van der Waals surface area contributed by atoms with E-state index < -0.39 is 21.6 Å². The third kappa shape index (κ3) is 4.07. The van der Waals surface area contributed by atoms with Crippen molar-refractivity contribution >= 4 is 15.7 Å². The lowest BCUT2D eigenvalue weighted by molar-refractivity contribution is 0.0929. The summed E-state index contributed by atoms with van der Waals surface area (Å²) in [7, 11) is -3.26. The largest absolute Gasteiger partial charge is 0.487 e. The van der Waals surface area contributed by atoms with E-state index in [0.29, 0.717) is 6.42 Å².